The Hall–Kier alpha value is -1.33. The molecule has 2 heterocycles. The molecule has 1 aliphatic heterocycles. The number of likely N-dealkylation sites (N-methyl/N-ethyl adjacent to an activating group) is 1. The van der Waals surface area contributed by atoms with Gasteiger partial charge in [-0.3, -0.25) is 9.69 Å². The minimum atomic E-state index is -0.0700. The average Bonchev–Trinajstić information content (AvgIpc) is 2.93. The van der Waals surface area contributed by atoms with Crippen molar-refractivity contribution in [2.75, 3.05) is 39.3 Å². The molecule has 5 nitrogen and oxygen atoms in total. The molecule has 0 bridgehead atoms. The molecule has 1 aliphatic rings. The van der Waals surface area contributed by atoms with E-state index < -0.39 is 0 Å². The maximum atomic E-state index is 12.0. The van der Waals surface area contributed by atoms with Crippen LogP contribution in [0.2, 0.25) is 0 Å². The van der Waals surface area contributed by atoms with Gasteiger partial charge in [0.1, 0.15) is 5.76 Å². The van der Waals surface area contributed by atoms with Crippen molar-refractivity contribution in [2.45, 2.75) is 19.9 Å². The molecule has 0 saturated carbocycles. The van der Waals surface area contributed by atoms with Gasteiger partial charge < -0.3 is 14.6 Å². The van der Waals surface area contributed by atoms with Crippen molar-refractivity contribution in [1.29, 1.82) is 0 Å². The summed E-state index contributed by atoms with van der Waals surface area (Å²) in [5.41, 5.74) is 0. The summed E-state index contributed by atoms with van der Waals surface area (Å²) in [4.78, 5) is 16.6. The number of hydrogen-bond donors (Lipinski definition) is 1. The number of nitrogens with zero attached hydrogens (tertiary/aromatic N) is 2. The Bertz CT molecular complexity index is 383. The fourth-order valence-corrected chi connectivity index (χ4v) is 2.36. The van der Waals surface area contributed by atoms with Crippen LogP contribution in [0.5, 0.6) is 0 Å². The quantitative estimate of drug-likeness (QED) is 0.866. The summed E-state index contributed by atoms with van der Waals surface area (Å²) in [6.45, 7) is 9.72. The smallest absolute Gasteiger partial charge is 0.234 e. The van der Waals surface area contributed by atoms with E-state index >= 15 is 0 Å². The molecule has 1 saturated heterocycles. The SMILES string of the molecule is CCN1CCN(CC(=O)NC(C)c2ccco2)CC1. The van der Waals surface area contributed by atoms with Gasteiger partial charge in [-0.25, -0.2) is 0 Å². The first kappa shape index (κ1) is 14.1. The van der Waals surface area contributed by atoms with Crippen LogP contribution in [0.3, 0.4) is 0 Å². The third-order valence-corrected chi connectivity index (χ3v) is 3.63. The summed E-state index contributed by atoms with van der Waals surface area (Å²) in [6.07, 6.45) is 1.63. The van der Waals surface area contributed by atoms with Gasteiger partial charge in [-0.1, -0.05) is 6.92 Å². The summed E-state index contributed by atoms with van der Waals surface area (Å²) in [7, 11) is 0. The fraction of sp³-hybridized carbons (Fsp3) is 0.643. The molecular weight excluding hydrogens is 242 g/mol. The molecule has 0 aliphatic carbocycles. The second kappa shape index (κ2) is 6.73. The third-order valence-electron chi connectivity index (χ3n) is 3.63. The Labute approximate surface area is 114 Å². The molecule has 0 spiro atoms. The largest absolute Gasteiger partial charge is 0.467 e. The van der Waals surface area contributed by atoms with Crippen molar-refractivity contribution in [3.05, 3.63) is 24.2 Å². The minimum Gasteiger partial charge on any atom is -0.467 e. The summed E-state index contributed by atoms with van der Waals surface area (Å²) in [6, 6.07) is 3.65. The van der Waals surface area contributed by atoms with Gasteiger partial charge in [0.2, 0.25) is 5.91 Å². The first-order valence-corrected chi connectivity index (χ1v) is 6.96. The predicted molar refractivity (Wildman–Crippen MR) is 73.8 cm³/mol. The molecule has 1 unspecified atom stereocenters. The van der Waals surface area contributed by atoms with Crippen molar-refractivity contribution < 1.29 is 9.21 Å². The van der Waals surface area contributed by atoms with E-state index in [2.05, 4.69) is 22.0 Å². The van der Waals surface area contributed by atoms with Gasteiger partial charge in [0.05, 0.1) is 18.8 Å². The van der Waals surface area contributed by atoms with E-state index in [-0.39, 0.29) is 11.9 Å². The van der Waals surface area contributed by atoms with Gasteiger partial charge in [-0.05, 0) is 25.6 Å². The molecule has 19 heavy (non-hydrogen) atoms. The number of carbonyl (C=O) groups is 1. The number of carbonyl (C=O) groups excluding carboxylic acids is 1. The lowest BCUT2D eigenvalue weighted by Gasteiger charge is -2.33. The maximum Gasteiger partial charge on any atom is 0.234 e. The number of piperazine rings is 1. The second-order valence-corrected chi connectivity index (χ2v) is 5.02. The van der Waals surface area contributed by atoms with Crippen molar-refractivity contribution in [2.24, 2.45) is 0 Å². The fourth-order valence-electron chi connectivity index (χ4n) is 2.36. The molecule has 1 aromatic heterocycles. The molecule has 1 fully saturated rings. The number of nitrogens with one attached hydrogen (secondary N) is 1. The van der Waals surface area contributed by atoms with Crippen LogP contribution in [0.1, 0.15) is 25.6 Å². The lowest BCUT2D eigenvalue weighted by atomic mass is 10.2. The van der Waals surface area contributed by atoms with Crippen LogP contribution in [-0.2, 0) is 4.79 Å². The van der Waals surface area contributed by atoms with Gasteiger partial charge in [0.15, 0.2) is 0 Å². The first-order valence-electron chi connectivity index (χ1n) is 6.96. The van der Waals surface area contributed by atoms with E-state index in [1.807, 2.05) is 19.1 Å². The zero-order valence-corrected chi connectivity index (χ0v) is 11.8. The van der Waals surface area contributed by atoms with E-state index in [1.54, 1.807) is 6.26 Å². The standard InChI is InChI=1S/C14H23N3O2/c1-3-16-6-8-17(9-7-16)11-14(18)15-12(2)13-5-4-10-19-13/h4-5,10,12H,3,6-9,11H2,1-2H3,(H,15,18). The van der Waals surface area contributed by atoms with Crippen LogP contribution in [-0.4, -0.2) is 55.0 Å². The monoisotopic (exact) mass is 265 g/mol. The summed E-state index contributed by atoms with van der Waals surface area (Å²) < 4.78 is 5.28. The van der Waals surface area contributed by atoms with Crippen molar-refractivity contribution in [1.82, 2.24) is 15.1 Å². The van der Waals surface area contributed by atoms with Crippen LogP contribution in [0, 0.1) is 0 Å². The lowest BCUT2D eigenvalue weighted by molar-refractivity contribution is -0.123. The Kier molecular flexibility index (Phi) is 4.99. The first-order chi connectivity index (χ1) is 9.19. The van der Waals surface area contributed by atoms with Gasteiger partial charge >= 0.3 is 0 Å². The molecule has 1 N–H and O–H groups in total. The highest BCUT2D eigenvalue weighted by Gasteiger charge is 2.19. The molecule has 0 aromatic carbocycles. The summed E-state index contributed by atoms with van der Waals surface area (Å²) in [5.74, 6) is 0.859. The molecule has 1 atom stereocenters. The Morgan fingerprint density at radius 3 is 2.63 bits per heavy atom. The highest BCUT2D eigenvalue weighted by molar-refractivity contribution is 5.78. The predicted octanol–water partition coefficient (Wildman–Crippen LogP) is 1.09. The van der Waals surface area contributed by atoms with Gasteiger partial charge in [0.25, 0.3) is 0 Å². The topological polar surface area (TPSA) is 48.7 Å². The average molecular weight is 265 g/mol. The molecular formula is C14H23N3O2. The highest BCUT2D eigenvalue weighted by atomic mass is 16.3. The van der Waals surface area contributed by atoms with E-state index in [9.17, 15) is 4.79 Å². The zero-order chi connectivity index (χ0) is 13.7. The van der Waals surface area contributed by atoms with Gasteiger partial charge in [0, 0.05) is 26.2 Å². The zero-order valence-electron chi connectivity index (χ0n) is 11.8. The van der Waals surface area contributed by atoms with Gasteiger partial charge in [-0.2, -0.15) is 0 Å². The van der Waals surface area contributed by atoms with Crippen molar-refractivity contribution in [3.63, 3.8) is 0 Å². The van der Waals surface area contributed by atoms with Crippen molar-refractivity contribution in [3.8, 4) is 0 Å². The van der Waals surface area contributed by atoms with Crippen molar-refractivity contribution >= 4 is 5.91 Å². The van der Waals surface area contributed by atoms with E-state index in [0.29, 0.717) is 6.54 Å². The Morgan fingerprint density at radius 2 is 2.05 bits per heavy atom. The summed E-state index contributed by atoms with van der Waals surface area (Å²) >= 11 is 0. The molecule has 1 amide bonds. The molecule has 1 aromatic rings. The molecule has 0 radical (unpaired) electrons. The lowest BCUT2D eigenvalue weighted by Crippen LogP contribution is -2.49. The van der Waals surface area contributed by atoms with Crippen LogP contribution in [0.25, 0.3) is 0 Å². The van der Waals surface area contributed by atoms with Crippen LogP contribution >= 0.6 is 0 Å². The van der Waals surface area contributed by atoms with Crippen LogP contribution < -0.4 is 5.32 Å². The van der Waals surface area contributed by atoms with Gasteiger partial charge in [-0.15, -0.1) is 0 Å². The Balaban J connectivity index is 1.73. The third kappa shape index (κ3) is 4.08. The summed E-state index contributed by atoms with van der Waals surface area (Å²) in [5, 5.41) is 2.97. The minimum absolute atomic E-state index is 0.0637. The number of furan rings is 1. The van der Waals surface area contributed by atoms with Crippen LogP contribution in [0.4, 0.5) is 0 Å². The van der Waals surface area contributed by atoms with E-state index in [1.165, 1.54) is 0 Å². The molecule has 106 valence electrons. The normalized spacial score (nSPS) is 19.3. The number of rotatable bonds is 5. The molecule has 2 rings (SSSR count). The Morgan fingerprint density at radius 1 is 1.37 bits per heavy atom. The van der Waals surface area contributed by atoms with Crippen LogP contribution in [0.15, 0.2) is 22.8 Å². The number of hydrogen-bond acceptors (Lipinski definition) is 4. The van der Waals surface area contributed by atoms with E-state index in [0.717, 1.165) is 38.5 Å². The second-order valence-electron chi connectivity index (χ2n) is 5.02. The maximum absolute atomic E-state index is 12.0. The molecule has 5 heteroatoms. The highest BCUT2D eigenvalue weighted by Crippen LogP contribution is 2.12. The van der Waals surface area contributed by atoms with E-state index in [4.69, 9.17) is 4.42 Å². The number of amides is 1.